The first kappa shape index (κ1) is 19.4. The number of ether oxygens (including phenoxy) is 3. The van der Waals surface area contributed by atoms with E-state index in [-0.39, 0.29) is 17.9 Å². The van der Waals surface area contributed by atoms with Crippen LogP contribution in [0.1, 0.15) is 12.8 Å². The van der Waals surface area contributed by atoms with E-state index in [1.54, 1.807) is 13.3 Å². The summed E-state index contributed by atoms with van der Waals surface area (Å²) in [7, 11) is 1.63. The molecule has 0 radical (unpaired) electrons. The maximum atomic E-state index is 6.16. The Morgan fingerprint density at radius 3 is 2.72 bits per heavy atom. The molecule has 29 heavy (non-hydrogen) atoms. The van der Waals surface area contributed by atoms with Crippen LogP contribution in [0, 0.1) is 0 Å². The predicted molar refractivity (Wildman–Crippen MR) is 116 cm³/mol. The van der Waals surface area contributed by atoms with Gasteiger partial charge in [0.15, 0.2) is 11.5 Å². The number of rotatable bonds is 6. The second-order valence-corrected chi connectivity index (χ2v) is 7.31. The zero-order valence-electron chi connectivity index (χ0n) is 16.0. The molecule has 1 saturated carbocycles. The number of hydrogen-bond donors (Lipinski definition) is 2. The first-order chi connectivity index (χ1) is 13.6. The number of H-pyrrole nitrogens is 1. The number of nitrogens with one attached hydrogen (secondary N) is 1. The molecular weight excluding hydrogens is 390 g/mol. The van der Waals surface area contributed by atoms with Crippen molar-refractivity contribution in [1.29, 1.82) is 0 Å². The van der Waals surface area contributed by atoms with Crippen LogP contribution in [0.15, 0.2) is 54.9 Å². The van der Waals surface area contributed by atoms with Gasteiger partial charge in [0.2, 0.25) is 0 Å². The molecule has 2 aromatic heterocycles. The molecule has 2 aromatic carbocycles. The van der Waals surface area contributed by atoms with Gasteiger partial charge in [-0.1, -0.05) is 0 Å². The van der Waals surface area contributed by atoms with Gasteiger partial charge < -0.3 is 24.9 Å². The third-order valence-corrected chi connectivity index (χ3v) is 5.15. The van der Waals surface area contributed by atoms with E-state index in [0.717, 1.165) is 40.4 Å². The minimum absolute atomic E-state index is 0. The Morgan fingerprint density at radius 2 is 1.93 bits per heavy atom. The molecule has 1 fully saturated rings. The standard InChI is InChI=1S/C22H21N3O3.ClH/c1-26-20-11-16-18(12-21(20)27-13-22(23)6-7-22)25-9-5-19(16)28-15-2-3-17-14(10-15)4-8-24-17;/h2-5,8-12,24H,6-7,13,23H2,1H3;1H. The van der Waals surface area contributed by atoms with Gasteiger partial charge in [0, 0.05) is 34.7 Å². The second kappa shape index (κ2) is 7.46. The second-order valence-electron chi connectivity index (χ2n) is 7.31. The van der Waals surface area contributed by atoms with Crippen molar-refractivity contribution in [2.45, 2.75) is 18.4 Å². The summed E-state index contributed by atoms with van der Waals surface area (Å²) in [4.78, 5) is 7.65. The summed E-state index contributed by atoms with van der Waals surface area (Å²) in [5.74, 6) is 2.75. The lowest BCUT2D eigenvalue weighted by Crippen LogP contribution is -2.29. The molecule has 7 heteroatoms. The molecule has 1 aliphatic rings. The van der Waals surface area contributed by atoms with Gasteiger partial charge >= 0.3 is 0 Å². The lowest BCUT2D eigenvalue weighted by Gasteiger charge is -2.16. The number of nitrogens with zero attached hydrogens (tertiary/aromatic N) is 1. The van der Waals surface area contributed by atoms with E-state index >= 15 is 0 Å². The zero-order valence-corrected chi connectivity index (χ0v) is 16.8. The smallest absolute Gasteiger partial charge is 0.163 e. The molecule has 2 heterocycles. The number of nitrogens with two attached hydrogens (primary N) is 1. The lowest BCUT2D eigenvalue weighted by atomic mass is 10.1. The van der Waals surface area contributed by atoms with Crippen molar-refractivity contribution in [2.75, 3.05) is 13.7 Å². The van der Waals surface area contributed by atoms with Crippen LogP contribution < -0.4 is 19.9 Å². The highest BCUT2D eigenvalue weighted by Crippen LogP contribution is 2.39. The normalized spacial score (nSPS) is 14.4. The number of fused-ring (bicyclic) bond motifs is 2. The van der Waals surface area contributed by atoms with E-state index in [4.69, 9.17) is 19.9 Å². The number of aromatic amines is 1. The molecule has 0 amide bonds. The Labute approximate surface area is 174 Å². The van der Waals surface area contributed by atoms with Crippen molar-refractivity contribution < 1.29 is 14.2 Å². The molecule has 3 N–H and O–H groups in total. The summed E-state index contributed by atoms with van der Waals surface area (Å²) >= 11 is 0. The molecule has 4 aromatic rings. The molecule has 0 spiro atoms. The fourth-order valence-corrected chi connectivity index (χ4v) is 3.24. The summed E-state index contributed by atoms with van der Waals surface area (Å²) in [5.41, 5.74) is 7.79. The van der Waals surface area contributed by atoms with Gasteiger partial charge in [0.25, 0.3) is 0 Å². The summed E-state index contributed by atoms with van der Waals surface area (Å²) in [6, 6.07) is 13.6. The molecule has 0 aliphatic heterocycles. The fraction of sp³-hybridized carbons (Fsp3) is 0.227. The average molecular weight is 412 g/mol. The van der Waals surface area contributed by atoms with Crippen LogP contribution in [0.2, 0.25) is 0 Å². The SMILES string of the molecule is COc1cc2c(Oc3ccc4[nH]ccc4c3)ccnc2cc1OCC1(N)CC1.Cl. The van der Waals surface area contributed by atoms with Gasteiger partial charge in [0.1, 0.15) is 18.1 Å². The van der Waals surface area contributed by atoms with E-state index in [9.17, 15) is 0 Å². The number of halogens is 1. The quantitative estimate of drug-likeness (QED) is 0.475. The number of benzene rings is 2. The molecule has 0 saturated heterocycles. The molecule has 0 unspecified atom stereocenters. The number of methoxy groups -OCH3 is 1. The Kier molecular flexibility index (Phi) is 4.98. The van der Waals surface area contributed by atoms with Gasteiger partial charge in [-0.3, -0.25) is 4.98 Å². The highest BCUT2D eigenvalue weighted by atomic mass is 35.5. The molecule has 6 nitrogen and oxygen atoms in total. The van der Waals surface area contributed by atoms with Crippen molar-refractivity contribution in [3.05, 3.63) is 54.9 Å². The highest BCUT2D eigenvalue weighted by molar-refractivity contribution is 5.88. The monoisotopic (exact) mass is 411 g/mol. The van der Waals surface area contributed by atoms with Gasteiger partial charge in [-0.2, -0.15) is 0 Å². The van der Waals surface area contributed by atoms with Crippen LogP contribution >= 0.6 is 12.4 Å². The van der Waals surface area contributed by atoms with Crippen LogP contribution in [-0.2, 0) is 0 Å². The van der Waals surface area contributed by atoms with E-state index in [1.807, 2.05) is 48.7 Å². The van der Waals surface area contributed by atoms with Gasteiger partial charge in [-0.25, -0.2) is 0 Å². The Balaban J connectivity index is 0.00000205. The minimum atomic E-state index is -0.199. The van der Waals surface area contributed by atoms with Crippen molar-refractivity contribution >= 4 is 34.2 Å². The van der Waals surface area contributed by atoms with Gasteiger partial charge in [0.05, 0.1) is 18.2 Å². The number of hydrogen-bond acceptors (Lipinski definition) is 5. The average Bonchev–Trinajstić information content (AvgIpc) is 3.26. The Bertz CT molecular complexity index is 1170. The van der Waals surface area contributed by atoms with Crippen LogP contribution in [-0.4, -0.2) is 29.2 Å². The summed E-state index contributed by atoms with van der Waals surface area (Å²) in [6.45, 7) is 0.474. The lowest BCUT2D eigenvalue weighted by molar-refractivity contribution is 0.264. The van der Waals surface area contributed by atoms with E-state index < -0.39 is 0 Å². The van der Waals surface area contributed by atoms with E-state index in [0.29, 0.717) is 23.9 Å². The van der Waals surface area contributed by atoms with Crippen molar-refractivity contribution in [3.8, 4) is 23.0 Å². The third kappa shape index (κ3) is 3.81. The third-order valence-electron chi connectivity index (χ3n) is 5.15. The molecule has 1 aliphatic carbocycles. The van der Waals surface area contributed by atoms with Gasteiger partial charge in [-0.15, -0.1) is 12.4 Å². The maximum Gasteiger partial charge on any atom is 0.163 e. The Morgan fingerprint density at radius 1 is 1.07 bits per heavy atom. The maximum absolute atomic E-state index is 6.16. The zero-order chi connectivity index (χ0) is 19.1. The van der Waals surface area contributed by atoms with Crippen molar-refractivity contribution in [2.24, 2.45) is 5.73 Å². The highest BCUT2D eigenvalue weighted by Gasteiger charge is 2.39. The topological polar surface area (TPSA) is 82.4 Å². The summed E-state index contributed by atoms with van der Waals surface area (Å²) < 4.78 is 17.6. The fourth-order valence-electron chi connectivity index (χ4n) is 3.24. The van der Waals surface area contributed by atoms with Crippen LogP contribution in [0.3, 0.4) is 0 Å². The van der Waals surface area contributed by atoms with Crippen molar-refractivity contribution in [1.82, 2.24) is 9.97 Å². The van der Waals surface area contributed by atoms with E-state index in [2.05, 4.69) is 9.97 Å². The first-order valence-corrected chi connectivity index (χ1v) is 9.27. The summed E-state index contributed by atoms with van der Waals surface area (Å²) in [5, 5.41) is 1.95. The number of aromatic nitrogens is 2. The van der Waals surface area contributed by atoms with Crippen LogP contribution in [0.5, 0.6) is 23.0 Å². The van der Waals surface area contributed by atoms with Crippen LogP contribution in [0.4, 0.5) is 0 Å². The molecule has 5 rings (SSSR count). The number of pyridine rings is 1. The Hall–Kier alpha value is -2.96. The molecular formula is C22H22ClN3O3. The molecule has 0 atom stereocenters. The molecule has 0 bridgehead atoms. The van der Waals surface area contributed by atoms with E-state index in [1.165, 1.54) is 0 Å². The largest absolute Gasteiger partial charge is 0.493 e. The summed E-state index contributed by atoms with van der Waals surface area (Å²) in [6.07, 6.45) is 5.62. The first-order valence-electron chi connectivity index (χ1n) is 9.27. The minimum Gasteiger partial charge on any atom is -0.493 e. The predicted octanol–water partition coefficient (Wildman–Crippen LogP) is 4.81. The molecule has 150 valence electrons. The van der Waals surface area contributed by atoms with Gasteiger partial charge in [-0.05, 0) is 49.2 Å². The van der Waals surface area contributed by atoms with Crippen LogP contribution in [0.25, 0.3) is 21.8 Å². The van der Waals surface area contributed by atoms with Crippen molar-refractivity contribution in [3.63, 3.8) is 0 Å².